The molecule has 16 heteroatoms. The number of cyclic esters (lactones) is 1. The SMILES string of the molecule is O=C1OCc2ccccc2N1C1CCN(S(=O)(=O)c2cc3ccccc3s2)CC1.O=S(=O)(c1cc2ccccc2s1)N1CCC(N2COCc3cc(Cl)ccc32)CC1. The van der Waals surface area contributed by atoms with Crippen molar-refractivity contribution in [2.45, 2.75) is 59.4 Å². The van der Waals surface area contributed by atoms with Gasteiger partial charge in [-0.25, -0.2) is 21.6 Å². The Morgan fingerprint density at radius 3 is 1.76 bits per heavy atom. The van der Waals surface area contributed by atoms with Crippen molar-refractivity contribution in [3.05, 3.63) is 119 Å². The third kappa shape index (κ3) is 7.63. The number of anilines is 2. The van der Waals surface area contributed by atoms with Crippen molar-refractivity contribution >= 4 is 92.0 Å². The predicted octanol–water partition coefficient (Wildman–Crippen LogP) is 8.91. The smallest absolute Gasteiger partial charge is 0.414 e. The van der Waals surface area contributed by atoms with E-state index in [2.05, 4.69) is 4.90 Å². The van der Waals surface area contributed by atoms with E-state index in [0.29, 0.717) is 65.8 Å². The molecular formula is C42H41ClN4O7S4. The second kappa shape index (κ2) is 16.2. The lowest BCUT2D eigenvalue weighted by Crippen LogP contribution is -2.50. The number of carbonyl (C=O) groups excluding carboxylic acids is 1. The van der Waals surface area contributed by atoms with Crippen LogP contribution in [-0.2, 0) is 42.7 Å². The summed E-state index contributed by atoms with van der Waals surface area (Å²) in [6.07, 6.45) is 2.35. The number of para-hydroxylation sites is 1. The first-order valence-corrected chi connectivity index (χ1v) is 24.1. The molecule has 11 nitrogen and oxygen atoms in total. The fourth-order valence-electron chi connectivity index (χ4n) is 8.26. The molecule has 302 valence electrons. The van der Waals surface area contributed by atoms with Crippen LogP contribution in [0, 0.1) is 0 Å². The topological polar surface area (TPSA) is 117 Å². The van der Waals surface area contributed by atoms with Gasteiger partial charge in [0.1, 0.15) is 21.8 Å². The molecule has 2 fully saturated rings. The zero-order chi connectivity index (χ0) is 40.0. The summed E-state index contributed by atoms with van der Waals surface area (Å²) in [5, 5.41) is 2.63. The van der Waals surface area contributed by atoms with Crippen molar-refractivity contribution in [2.24, 2.45) is 0 Å². The van der Waals surface area contributed by atoms with E-state index in [1.807, 2.05) is 91.0 Å². The Morgan fingerprint density at radius 1 is 0.603 bits per heavy atom. The number of ether oxygens (including phenoxy) is 2. The van der Waals surface area contributed by atoms with Crippen LogP contribution in [-0.4, -0.2) is 76.5 Å². The second-order valence-corrected chi connectivity index (χ2v) is 21.7. The van der Waals surface area contributed by atoms with Crippen molar-refractivity contribution in [3.63, 3.8) is 0 Å². The lowest BCUT2D eigenvalue weighted by Gasteiger charge is -2.41. The molecule has 6 aromatic rings. The number of sulfonamides is 2. The molecule has 0 saturated carbocycles. The average Bonchev–Trinajstić information content (AvgIpc) is 3.90. The van der Waals surface area contributed by atoms with E-state index >= 15 is 0 Å². The molecule has 0 bridgehead atoms. The van der Waals surface area contributed by atoms with Gasteiger partial charge in [-0.05, 0) is 85.0 Å². The Hall–Kier alpha value is -4.06. The van der Waals surface area contributed by atoms with Gasteiger partial charge in [0.25, 0.3) is 20.0 Å². The minimum absolute atomic E-state index is 0.0715. The molecule has 6 heterocycles. The summed E-state index contributed by atoms with van der Waals surface area (Å²) in [7, 11) is -6.99. The van der Waals surface area contributed by atoms with Crippen LogP contribution < -0.4 is 9.80 Å². The molecule has 2 aromatic heterocycles. The van der Waals surface area contributed by atoms with Gasteiger partial charge in [0.05, 0.1) is 12.3 Å². The standard InChI is InChI=1S/C21H21ClN2O3S2.C21H20N2O4S2/c22-17-5-6-19-16(11-17)13-27-14-24(19)18-7-9-23(10-8-18)29(25,26)21-12-15-3-1-2-4-20(15)28-21;24-21-23(18-7-3-1-6-16(18)14-27-21)17-9-11-22(12-10-17)29(25,26)20-13-15-5-2-4-8-19(15)28-20/h1-6,11-12,18H,7-10,13-14H2;1-8,13,17H,9-12,14H2. The molecule has 0 spiro atoms. The molecule has 2 saturated heterocycles. The van der Waals surface area contributed by atoms with Crippen molar-refractivity contribution in [1.82, 2.24) is 8.61 Å². The normalized spacial score (nSPS) is 18.7. The second-order valence-electron chi connectivity index (χ2n) is 14.8. The Labute approximate surface area is 351 Å². The fraction of sp³-hybridized carbons (Fsp3) is 0.310. The largest absolute Gasteiger partial charge is 0.444 e. The zero-order valence-corrected chi connectivity index (χ0v) is 35.4. The van der Waals surface area contributed by atoms with E-state index < -0.39 is 20.0 Å². The Balaban J connectivity index is 0.000000150. The maximum Gasteiger partial charge on any atom is 0.414 e. The van der Waals surface area contributed by atoms with Gasteiger partial charge in [-0.1, -0.05) is 66.2 Å². The van der Waals surface area contributed by atoms with Crippen LogP contribution in [0.25, 0.3) is 20.2 Å². The van der Waals surface area contributed by atoms with Crippen LogP contribution in [0.2, 0.25) is 5.02 Å². The number of fused-ring (bicyclic) bond motifs is 4. The minimum atomic E-state index is -3.53. The first kappa shape index (κ1) is 39.4. The van der Waals surface area contributed by atoms with Crippen LogP contribution in [0.1, 0.15) is 36.8 Å². The van der Waals surface area contributed by atoms with Gasteiger partial charge in [0.2, 0.25) is 0 Å². The third-order valence-corrected chi connectivity index (χ3v) is 18.4. The third-order valence-electron chi connectivity index (χ3n) is 11.3. The number of nitrogens with zero attached hydrogens (tertiary/aromatic N) is 4. The number of halogens is 1. The van der Waals surface area contributed by atoms with Crippen LogP contribution in [0.3, 0.4) is 0 Å². The van der Waals surface area contributed by atoms with Gasteiger partial charge in [0, 0.05) is 69.5 Å². The minimum Gasteiger partial charge on any atom is -0.444 e. The Kier molecular flexibility index (Phi) is 11.0. The molecule has 58 heavy (non-hydrogen) atoms. The summed E-state index contributed by atoms with van der Waals surface area (Å²) in [6, 6.07) is 32.8. The van der Waals surface area contributed by atoms with Gasteiger partial charge in [0.15, 0.2) is 0 Å². The summed E-state index contributed by atoms with van der Waals surface area (Å²) in [5.41, 5.74) is 4.08. The van der Waals surface area contributed by atoms with Gasteiger partial charge in [-0.15, -0.1) is 22.7 Å². The molecule has 4 aliphatic rings. The first-order chi connectivity index (χ1) is 28.1. The highest BCUT2D eigenvalue weighted by atomic mass is 35.5. The van der Waals surface area contributed by atoms with E-state index in [1.54, 1.807) is 21.3 Å². The van der Waals surface area contributed by atoms with Gasteiger partial charge in [-0.2, -0.15) is 8.61 Å². The highest BCUT2D eigenvalue weighted by Crippen LogP contribution is 2.37. The van der Waals surface area contributed by atoms with Gasteiger partial charge in [-0.3, -0.25) is 4.90 Å². The Morgan fingerprint density at radius 2 is 1.16 bits per heavy atom. The summed E-state index contributed by atoms with van der Waals surface area (Å²) < 4.78 is 69.6. The molecule has 4 aromatic carbocycles. The van der Waals surface area contributed by atoms with Gasteiger partial charge >= 0.3 is 6.09 Å². The average molecular weight is 878 g/mol. The van der Waals surface area contributed by atoms with Crippen LogP contribution >= 0.6 is 34.3 Å². The van der Waals surface area contributed by atoms with E-state index in [0.717, 1.165) is 55.5 Å². The summed E-state index contributed by atoms with van der Waals surface area (Å²) in [4.78, 5) is 16.4. The van der Waals surface area contributed by atoms with Crippen LogP contribution in [0.15, 0.2) is 112 Å². The maximum absolute atomic E-state index is 13.2. The van der Waals surface area contributed by atoms with E-state index in [9.17, 15) is 21.6 Å². The molecule has 0 aliphatic carbocycles. The number of hydrogen-bond donors (Lipinski definition) is 0. The predicted molar refractivity (Wildman–Crippen MR) is 230 cm³/mol. The quantitative estimate of drug-likeness (QED) is 0.163. The van der Waals surface area contributed by atoms with Crippen LogP contribution in [0.4, 0.5) is 16.2 Å². The summed E-state index contributed by atoms with van der Waals surface area (Å²) >= 11 is 8.77. The van der Waals surface area contributed by atoms with Crippen molar-refractivity contribution in [3.8, 4) is 0 Å². The number of hydrogen-bond acceptors (Lipinski definition) is 10. The van der Waals surface area contributed by atoms with Crippen molar-refractivity contribution < 1.29 is 31.1 Å². The summed E-state index contributed by atoms with van der Waals surface area (Å²) in [5.74, 6) is 0. The monoisotopic (exact) mass is 876 g/mol. The van der Waals surface area contributed by atoms with E-state index in [4.69, 9.17) is 21.1 Å². The molecule has 10 rings (SSSR count). The fourth-order valence-corrected chi connectivity index (χ4v) is 14.5. The van der Waals surface area contributed by atoms with Crippen molar-refractivity contribution in [1.29, 1.82) is 0 Å². The lowest BCUT2D eigenvalue weighted by atomic mass is 10.0. The molecule has 0 radical (unpaired) electrons. The number of rotatable bonds is 6. The molecular weight excluding hydrogens is 836 g/mol. The number of piperidine rings is 2. The number of benzene rings is 4. The van der Waals surface area contributed by atoms with E-state index in [1.165, 1.54) is 27.0 Å². The zero-order valence-electron chi connectivity index (χ0n) is 31.4. The van der Waals surface area contributed by atoms with Crippen molar-refractivity contribution in [2.75, 3.05) is 42.7 Å². The molecule has 0 atom stereocenters. The highest BCUT2D eigenvalue weighted by Gasteiger charge is 2.38. The lowest BCUT2D eigenvalue weighted by molar-refractivity contribution is 0.0988. The van der Waals surface area contributed by atoms with Gasteiger partial charge < -0.3 is 14.4 Å². The molecule has 0 unspecified atom stereocenters. The molecule has 4 aliphatic heterocycles. The molecule has 0 N–H and O–H groups in total. The summed E-state index contributed by atoms with van der Waals surface area (Å²) in [6.45, 7) is 3.17. The highest BCUT2D eigenvalue weighted by molar-refractivity contribution is 7.91. The van der Waals surface area contributed by atoms with E-state index in [-0.39, 0.29) is 24.8 Å². The molecule has 1 amide bonds. The number of carbonyl (C=O) groups is 1. The number of thiophene rings is 2. The van der Waals surface area contributed by atoms with Crippen LogP contribution in [0.5, 0.6) is 0 Å². The first-order valence-electron chi connectivity index (χ1n) is 19.2. The Bertz CT molecular complexity index is 2640. The number of amides is 1. The maximum atomic E-state index is 13.2.